The lowest BCUT2D eigenvalue weighted by Crippen LogP contribution is -2.24. The zero-order valence-electron chi connectivity index (χ0n) is 14.1. The third-order valence-corrected chi connectivity index (χ3v) is 4.71. The molecule has 3 aromatic rings. The summed E-state index contributed by atoms with van der Waals surface area (Å²) in [5.41, 5.74) is 1.28. The van der Waals surface area contributed by atoms with Gasteiger partial charge in [-0.3, -0.25) is 4.79 Å². The molecule has 2 heterocycles. The number of methoxy groups -OCH3 is 1. The first-order valence-corrected chi connectivity index (χ1v) is 8.40. The molecule has 8 heteroatoms. The van der Waals surface area contributed by atoms with Crippen LogP contribution in [-0.4, -0.2) is 26.4 Å². The molecular weight excluding hydrogens is 386 g/mol. The summed E-state index contributed by atoms with van der Waals surface area (Å²) in [5, 5.41) is 7.45. The fourth-order valence-corrected chi connectivity index (χ4v) is 3.08. The highest BCUT2D eigenvalue weighted by Crippen LogP contribution is 2.33. The number of halogens is 1. The van der Waals surface area contributed by atoms with Crippen LogP contribution in [-0.2, 0) is 14.1 Å². The number of para-hydroxylation sites is 1. The number of hydrogen-bond donors (Lipinski definition) is 1. The van der Waals surface area contributed by atoms with E-state index in [-0.39, 0.29) is 11.6 Å². The Morgan fingerprint density at radius 2 is 2.04 bits per heavy atom. The smallest absolute Gasteiger partial charge is 0.282 e. The minimum Gasteiger partial charge on any atom is -0.496 e. The number of nitrogens with one attached hydrogen (secondary N) is 1. The van der Waals surface area contributed by atoms with Gasteiger partial charge in [0.25, 0.3) is 5.56 Å². The summed E-state index contributed by atoms with van der Waals surface area (Å²) in [6.07, 6.45) is 5.21. The molecule has 7 nitrogen and oxygen atoms in total. The fourth-order valence-electron chi connectivity index (χ4n) is 2.61. The zero-order valence-corrected chi connectivity index (χ0v) is 15.7. The molecule has 0 fully saturated rings. The Bertz CT molecular complexity index is 950. The van der Waals surface area contributed by atoms with Crippen LogP contribution in [0, 0.1) is 0 Å². The van der Waals surface area contributed by atoms with Gasteiger partial charge in [0.2, 0.25) is 0 Å². The molecule has 0 spiro atoms. The van der Waals surface area contributed by atoms with Crippen LogP contribution < -0.4 is 15.6 Å². The van der Waals surface area contributed by atoms with Crippen LogP contribution in [0.2, 0.25) is 0 Å². The molecule has 0 saturated heterocycles. The lowest BCUT2D eigenvalue weighted by Gasteiger charge is -2.22. The summed E-state index contributed by atoms with van der Waals surface area (Å²) in [7, 11) is 5.15. The average Bonchev–Trinajstić information content (AvgIpc) is 3.05. The minimum absolute atomic E-state index is 0.219. The maximum Gasteiger partial charge on any atom is 0.282 e. The molecule has 0 radical (unpaired) electrons. The largest absolute Gasteiger partial charge is 0.496 e. The molecule has 1 N–H and O–H groups in total. The molecule has 3 rings (SSSR count). The normalized spacial score (nSPS) is 12.0. The lowest BCUT2D eigenvalue weighted by atomic mass is 10.0. The van der Waals surface area contributed by atoms with Crippen molar-refractivity contribution in [3.8, 4) is 5.75 Å². The van der Waals surface area contributed by atoms with Crippen LogP contribution in [0.5, 0.6) is 5.75 Å². The maximum atomic E-state index is 12.2. The van der Waals surface area contributed by atoms with E-state index in [4.69, 9.17) is 4.74 Å². The van der Waals surface area contributed by atoms with Gasteiger partial charge in [-0.2, -0.15) is 5.10 Å². The molecule has 0 bridgehead atoms. The molecule has 1 aromatic carbocycles. The molecule has 0 aliphatic rings. The van der Waals surface area contributed by atoms with Crippen LogP contribution in [0.1, 0.15) is 17.4 Å². The first-order valence-electron chi connectivity index (χ1n) is 7.61. The van der Waals surface area contributed by atoms with Crippen molar-refractivity contribution < 1.29 is 4.74 Å². The lowest BCUT2D eigenvalue weighted by molar-refractivity contribution is 0.408. The van der Waals surface area contributed by atoms with Gasteiger partial charge in [0.05, 0.1) is 19.0 Å². The van der Waals surface area contributed by atoms with E-state index in [1.807, 2.05) is 42.1 Å². The van der Waals surface area contributed by atoms with Gasteiger partial charge < -0.3 is 14.6 Å². The van der Waals surface area contributed by atoms with Gasteiger partial charge in [-0.15, -0.1) is 0 Å². The first kappa shape index (κ1) is 17.2. The van der Waals surface area contributed by atoms with E-state index in [0.29, 0.717) is 10.2 Å². The average molecular weight is 404 g/mol. The first-order chi connectivity index (χ1) is 12.0. The molecule has 1 atom stereocenters. The number of rotatable bonds is 5. The van der Waals surface area contributed by atoms with E-state index in [1.54, 1.807) is 26.6 Å². The summed E-state index contributed by atoms with van der Waals surface area (Å²) in [4.78, 5) is 16.6. The standard InChI is InChI=1S/C17H18BrN5O2/c1-22-9-8-19-16(22)15(11-6-4-5-7-13(11)25-3)21-12-10-20-23(2)17(24)14(12)18/h4-10,15,21H,1-3H3. The SMILES string of the molecule is COc1ccccc1C(Nc1cnn(C)c(=O)c1Br)c1nccn1C. The minimum atomic E-state index is -0.318. The Balaban J connectivity index is 2.12. The number of ether oxygens (including phenoxy) is 1. The molecular formula is C17H18BrN5O2. The van der Waals surface area contributed by atoms with Crippen LogP contribution >= 0.6 is 15.9 Å². The number of aryl methyl sites for hydroxylation is 2. The Labute approximate surface area is 153 Å². The summed E-state index contributed by atoms with van der Waals surface area (Å²) < 4.78 is 9.12. The molecule has 1 unspecified atom stereocenters. The van der Waals surface area contributed by atoms with E-state index in [0.717, 1.165) is 17.1 Å². The fraction of sp³-hybridized carbons (Fsp3) is 0.235. The van der Waals surface area contributed by atoms with Crippen molar-refractivity contribution in [3.63, 3.8) is 0 Å². The highest BCUT2D eigenvalue weighted by Gasteiger charge is 2.23. The van der Waals surface area contributed by atoms with Crippen molar-refractivity contribution in [2.45, 2.75) is 6.04 Å². The van der Waals surface area contributed by atoms with E-state index in [2.05, 4.69) is 31.3 Å². The van der Waals surface area contributed by atoms with Gasteiger partial charge in [-0.25, -0.2) is 9.67 Å². The molecule has 0 saturated carbocycles. The number of benzene rings is 1. The van der Waals surface area contributed by atoms with Gasteiger partial charge in [0.1, 0.15) is 22.1 Å². The second-order valence-corrected chi connectivity index (χ2v) is 6.31. The number of nitrogens with zero attached hydrogens (tertiary/aromatic N) is 4. The predicted molar refractivity (Wildman–Crippen MR) is 98.8 cm³/mol. The van der Waals surface area contributed by atoms with Gasteiger partial charge in [-0.1, -0.05) is 18.2 Å². The molecule has 0 aliphatic heterocycles. The molecule has 130 valence electrons. The topological polar surface area (TPSA) is 74.0 Å². The van der Waals surface area contributed by atoms with Crippen molar-refractivity contribution in [1.29, 1.82) is 0 Å². The molecule has 2 aromatic heterocycles. The Morgan fingerprint density at radius 1 is 1.28 bits per heavy atom. The van der Waals surface area contributed by atoms with Crippen molar-refractivity contribution in [1.82, 2.24) is 19.3 Å². The Hall–Kier alpha value is -2.61. The highest BCUT2D eigenvalue weighted by atomic mass is 79.9. The third-order valence-electron chi connectivity index (χ3n) is 3.94. The molecule has 0 aliphatic carbocycles. The van der Waals surface area contributed by atoms with Gasteiger partial charge in [0, 0.05) is 32.1 Å². The zero-order chi connectivity index (χ0) is 18.0. The second-order valence-electron chi connectivity index (χ2n) is 5.52. The van der Waals surface area contributed by atoms with Crippen LogP contribution in [0.25, 0.3) is 0 Å². The molecule has 0 amide bonds. The second kappa shape index (κ2) is 7.10. The predicted octanol–water partition coefficient (Wildman–Crippen LogP) is 2.49. The van der Waals surface area contributed by atoms with Crippen LogP contribution in [0.4, 0.5) is 5.69 Å². The number of aromatic nitrogens is 4. The summed E-state index contributed by atoms with van der Waals surface area (Å²) in [5.74, 6) is 1.52. The van der Waals surface area contributed by atoms with Gasteiger partial charge >= 0.3 is 0 Å². The van der Waals surface area contributed by atoms with Crippen LogP contribution in [0.3, 0.4) is 0 Å². The summed E-state index contributed by atoms with van der Waals surface area (Å²) >= 11 is 3.36. The van der Waals surface area contributed by atoms with E-state index in [9.17, 15) is 4.79 Å². The van der Waals surface area contributed by atoms with E-state index >= 15 is 0 Å². The Kier molecular flexibility index (Phi) is 4.89. The number of imidazole rings is 1. The number of anilines is 1. The molecule has 25 heavy (non-hydrogen) atoms. The summed E-state index contributed by atoms with van der Waals surface area (Å²) in [6.45, 7) is 0. The maximum absolute atomic E-state index is 12.2. The Morgan fingerprint density at radius 3 is 2.72 bits per heavy atom. The highest BCUT2D eigenvalue weighted by molar-refractivity contribution is 9.10. The monoisotopic (exact) mass is 403 g/mol. The van der Waals surface area contributed by atoms with Crippen molar-refractivity contribution in [3.05, 3.63) is 69.1 Å². The van der Waals surface area contributed by atoms with E-state index < -0.39 is 0 Å². The van der Waals surface area contributed by atoms with Crippen molar-refractivity contribution >= 4 is 21.6 Å². The van der Waals surface area contributed by atoms with E-state index in [1.165, 1.54) is 4.68 Å². The summed E-state index contributed by atoms with van der Waals surface area (Å²) in [6, 6.07) is 7.39. The van der Waals surface area contributed by atoms with Crippen molar-refractivity contribution in [2.75, 3.05) is 12.4 Å². The van der Waals surface area contributed by atoms with Crippen molar-refractivity contribution in [2.24, 2.45) is 14.1 Å². The third kappa shape index (κ3) is 3.30. The quantitative estimate of drug-likeness (QED) is 0.708. The van der Waals surface area contributed by atoms with Crippen LogP contribution in [0.15, 0.2) is 52.1 Å². The van der Waals surface area contributed by atoms with Gasteiger partial charge in [-0.05, 0) is 22.0 Å². The van der Waals surface area contributed by atoms with Gasteiger partial charge in [0.15, 0.2) is 0 Å². The number of hydrogen-bond acceptors (Lipinski definition) is 5.